The lowest BCUT2D eigenvalue weighted by Gasteiger charge is -2.43. The molecule has 0 bridgehead atoms. The molecule has 12 nitrogen and oxygen atoms in total. The van der Waals surface area contributed by atoms with Crippen LogP contribution < -0.4 is 10.2 Å². The van der Waals surface area contributed by atoms with Crippen molar-refractivity contribution >= 4 is 29.8 Å². The largest absolute Gasteiger partial charge is 0.490 e. The van der Waals surface area contributed by atoms with Gasteiger partial charge >= 0.3 is 36.3 Å². The van der Waals surface area contributed by atoms with Gasteiger partial charge in [-0.3, -0.25) is 0 Å². The molecule has 1 fully saturated rings. The quantitative estimate of drug-likeness (QED) is 0.350. The molecule has 1 atom stereocenters. The third-order valence-corrected chi connectivity index (χ3v) is 4.82. The van der Waals surface area contributed by atoms with Crippen LogP contribution in [0.5, 0.6) is 0 Å². The molecule has 1 unspecified atom stereocenters. The van der Waals surface area contributed by atoms with Gasteiger partial charge in [-0.15, -0.1) is 0 Å². The first-order valence-electron chi connectivity index (χ1n) is 11.2. The summed E-state index contributed by atoms with van der Waals surface area (Å²) in [6, 6.07) is 0.0833. The lowest BCUT2D eigenvalue weighted by atomic mass is 10.00. The number of piperazine rings is 1. The van der Waals surface area contributed by atoms with Crippen molar-refractivity contribution in [2.45, 2.75) is 45.6 Å². The Morgan fingerprint density at radius 1 is 1.03 bits per heavy atom. The van der Waals surface area contributed by atoms with Crippen molar-refractivity contribution in [3.8, 4) is 0 Å². The lowest BCUT2D eigenvalue weighted by molar-refractivity contribution is -0.193. The van der Waals surface area contributed by atoms with Crippen LogP contribution in [0.1, 0.15) is 37.7 Å². The Morgan fingerprint density at radius 3 is 1.90 bits per heavy atom. The number of alkyl halides is 6. The molecule has 0 aromatic carbocycles. The van der Waals surface area contributed by atoms with Gasteiger partial charge in [-0.25, -0.2) is 29.1 Å². The summed E-state index contributed by atoms with van der Waals surface area (Å²) in [6.07, 6.45) is -6.25. The van der Waals surface area contributed by atoms with Crippen molar-refractivity contribution in [3.05, 3.63) is 18.1 Å². The molecule has 18 heteroatoms. The average Bonchev–Trinajstić information content (AvgIpc) is 2.86. The van der Waals surface area contributed by atoms with Crippen LogP contribution in [-0.4, -0.2) is 101 Å². The molecule has 39 heavy (non-hydrogen) atoms. The van der Waals surface area contributed by atoms with Gasteiger partial charge in [0.1, 0.15) is 5.82 Å². The maximum atomic E-state index is 12.4. The van der Waals surface area contributed by atoms with Crippen molar-refractivity contribution in [1.82, 2.24) is 20.2 Å². The predicted molar refractivity (Wildman–Crippen MR) is 122 cm³/mol. The van der Waals surface area contributed by atoms with Crippen LogP contribution in [-0.2, 0) is 14.3 Å². The molecule has 2 heterocycles. The number of aliphatic carboxylic acids is 2. The highest BCUT2D eigenvalue weighted by Crippen LogP contribution is 2.21. The Labute approximate surface area is 218 Å². The molecule has 0 spiro atoms. The SMILES string of the molecule is CCCNC(=O)N1CCN(c2cnc(C(=O)OC)cn2)CC1C(C)C.O=C(O)C(F)(F)F.O=C(O)C(F)(F)F. The van der Waals surface area contributed by atoms with Crippen molar-refractivity contribution in [2.24, 2.45) is 5.92 Å². The fraction of sp³-hybridized carbons (Fsp3) is 0.619. The molecule has 3 N–H and O–H groups in total. The first-order chi connectivity index (χ1) is 17.9. The predicted octanol–water partition coefficient (Wildman–Crippen LogP) is 2.80. The van der Waals surface area contributed by atoms with Gasteiger partial charge in [-0.1, -0.05) is 20.8 Å². The normalized spacial score (nSPS) is 15.3. The maximum Gasteiger partial charge on any atom is 0.490 e. The first kappa shape index (κ1) is 35.1. The molecule has 222 valence electrons. The van der Waals surface area contributed by atoms with Gasteiger partial charge in [-0.2, -0.15) is 26.3 Å². The number of urea groups is 1. The highest BCUT2D eigenvalue weighted by molar-refractivity contribution is 5.86. The zero-order chi connectivity index (χ0) is 30.6. The number of carboxylic acid groups (broad SMARTS) is 2. The van der Waals surface area contributed by atoms with Crippen LogP contribution in [0.2, 0.25) is 0 Å². The summed E-state index contributed by atoms with van der Waals surface area (Å²) >= 11 is 0. The number of esters is 1. The molecule has 0 aliphatic carbocycles. The van der Waals surface area contributed by atoms with E-state index < -0.39 is 30.3 Å². The van der Waals surface area contributed by atoms with Crippen molar-refractivity contribution in [1.29, 1.82) is 0 Å². The van der Waals surface area contributed by atoms with Crippen molar-refractivity contribution < 1.29 is 60.5 Å². The van der Waals surface area contributed by atoms with Gasteiger partial charge in [-0.05, 0) is 12.3 Å². The Balaban J connectivity index is 0.000000848. The number of carbonyl (C=O) groups is 4. The standard InChI is InChI=1S/C17H27N5O3.2C2HF3O2/c1-5-6-18-17(24)22-8-7-21(11-14(22)12(2)3)15-10-19-13(9-20-15)16(23)25-4;2*3-2(4,5)1(6)7/h9-10,12,14H,5-8,11H2,1-4H3,(H,18,24);2*(H,6,7). The third-order valence-electron chi connectivity index (χ3n) is 4.82. The third kappa shape index (κ3) is 12.5. The molecular weight excluding hydrogens is 548 g/mol. The van der Waals surface area contributed by atoms with Gasteiger partial charge in [0.05, 0.1) is 25.5 Å². The summed E-state index contributed by atoms with van der Waals surface area (Å²) in [5, 5.41) is 17.2. The number of ether oxygens (including phenoxy) is 1. The second kappa shape index (κ2) is 15.5. The monoisotopic (exact) mass is 577 g/mol. The summed E-state index contributed by atoms with van der Waals surface area (Å²) in [5.41, 5.74) is 0.184. The summed E-state index contributed by atoms with van der Waals surface area (Å²) in [7, 11) is 1.31. The molecule has 1 saturated heterocycles. The Morgan fingerprint density at radius 2 is 1.54 bits per heavy atom. The zero-order valence-electron chi connectivity index (χ0n) is 21.3. The van der Waals surface area contributed by atoms with Crippen LogP contribution >= 0.6 is 0 Å². The number of carboxylic acids is 2. The summed E-state index contributed by atoms with van der Waals surface area (Å²) in [4.78, 5) is 54.1. The number of nitrogens with zero attached hydrogens (tertiary/aromatic N) is 4. The number of hydrogen-bond acceptors (Lipinski definition) is 8. The van der Waals surface area contributed by atoms with E-state index in [2.05, 4.69) is 38.8 Å². The molecular formula is C21H29F6N5O7. The van der Waals surface area contributed by atoms with E-state index in [1.165, 1.54) is 13.3 Å². The van der Waals surface area contributed by atoms with Gasteiger partial charge in [0.15, 0.2) is 5.69 Å². The van der Waals surface area contributed by atoms with E-state index in [1.54, 1.807) is 6.20 Å². The van der Waals surface area contributed by atoms with E-state index in [1.807, 2.05) is 11.8 Å². The molecule has 1 aliphatic heterocycles. The smallest absolute Gasteiger partial charge is 0.475 e. The van der Waals surface area contributed by atoms with Crippen LogP contribution in [0.15, 0.2) is 12.4 Å². The lowest BCUT2D eigenvalue weighted by Crippen LogP contribution is -2.59. The van der Waals surface area contributed by atoms with E-state index in [-0.39, 0.29) is 17.8 Å². The average molecular weight is 577 g/mol. The number of hydrogen-bond donors (Lipinski definition) is 3. The minimum absolute atomic E-state index is 0.00711. The van der Waals surface area contributed by atoms with E-state index in [0.29, 0.717) is 37.9 Å². The number of nitrogens with one attached hydrogen (secondary N) is 1. The Kier molecular flexibility index (Phi) is 14.0. The van der Waals surface area contributed by atoms with Crippen LogP contribution in [0.3, 0.4) is 0 Å². The number of anilines is 1. The van der Waals surface area contributed by atoms with E-state index in [4.69, 9.17) is 19.8 Å². The van der Waals surface area contributed by atoms with Gasteiger partial charge < -0.3 is 30.1 Å². The molecule has 1 aromatic heterocycles. The molecule has 1 aromatic rings. The van der Waals surface area contributed by atoms with Crippen LogP contribution in [0, 0.1) is 5.92 Å². The topological polar surface area (TPSA) is 162 Å². The second-order valence-corrected chi connectivity index (χ2v) is 8.04. The summed E-state index contributed by atoms with van der Waals surface area (Å²) < 4.78 is 68.1. The molecule has 2 amide bonds. The van der Waals surface area contributed by atoms with Crippen molar-refractivity contribution in [2.75, 3.05) is 38.2 Å². The van der Waals surface area contributed by atoms with Crippen LogP contribution in [0.25, 0.3) is 0 Å². The molecule has 2 rings (SSSR count). The molecule has 0 radical (unpaired) electrons. The zero-order valence-corrected chi connectivity index (χ0v) is 21.3. The number of methoxy groups -OCH3 is 1. The first-order valence-corrected chi connectivity index (χ1v) is 11.2. The highest BCUT2D eigenvalue weighted by atomic mass is 19.4. The summed E-state index contributed by atoms with van der Waals surface area (Å²) in [5.74, 6) is -5.00. The fourth-order valence-electron chi connectivity index (χ4n) is 2.87. The fourth-order valence-corrected chi connectivity index (χ4v) is 2.87. The second-order valence-electron chi connectivity index (χ2n) is 8.04. The number of carbonyl (C=O) groups excluding carboxylic acids is 2. The highest BCUT2D eigenvalue weighted by Gasteiger charge is 2.39. The minimum Gasteiger partial charge on any atom is -0.475 e. The van der Waals surface area contributed by atoms with E-state index in [0.717, 1.165) is 6.42 Å². The number of amides is 2. The number of halogens is 6. The van der Waals surface area contributed by atoms with Crippen molar-refractivity contribution in [3.63, 3.8) is 0 Å². The minimum atomic E-state index is -5.08. The Bertz CT molecular complexity index is 934. The van der Waals surface area contributed by atoms with Gasteiger partial charge in [0, 0.05) is 26.2 Å². The Hall–Kier alpha value is -3.86. The van der Waals surface area contributed by atoms with Crippen LogP contribution in [0.4, 0.5) is 37.0 Å². The van der Waals surface area contributed by atoms with Gasteiger partial charge in [0.25, 0.3) is 0 Å². The number of aromatic nitrogens is 2. The number of rotatable bonds is 5. The van der Waals surface area contributed by atoms with E-state index in [9.17, 15) is 35.9 Å². The molecule has 0 saturated carbocycles. The van der Waals surface area contributed by atoms with Gasteiger partial charge in [0.2, 0.25) is 0 Å². The van der Waals surface area contributed by atoms with E-state index >= 15 is 0 Å². The maximum absolute atomic E-state index is 12.4. The summed E-state index contributed by atoms with van der Waals surface area (Å²) in [6.45, 7) is 8.93. The molecule has 1 aliphatic rings.